The van der Waals surface area contributed by atoms with Crippen molar-refractivity contribution in [1.29, 1.82) is 0 Å². The van der Waals surface area contributed by atoms with Gasteiger partial charge in [-0.3, -0.25) is 4.79 Å². The zero-order valence-corrected chi connectivity index (χ0v) is 11.0. The Balaban J connectivity index is 2.11. The van der Waals surface area contributed by atoms with E-state index in [-0.39, 0.29) is 17.8 Å². The van der Waals surface area contributed by atoms with Gasteiger partial charge in [-0.15, -0.1) is 0 Å². The van der Waals surface area contributed by atoms with Crippen molar-refractivity contribution in [2.75, 3.05) is 0 Å². The van der Waals surface area contributed by atoms with Gasteiger partial charge in [-0.25, -0.2) is 0 Å². The zero-order chi connectivity index (χ0) is 13.8. The van der Waals surface area contributed by atoms with Gasteiger partial charge < -0.3 is 16.3 Å². The van der Waals surface area contributed by atoms with Gasteiger partial charge >= 0.3 is 0 Å². The second-order valence-electron chi connectivity index (χ2n) is 4.90. The van der Waals surface area contributed by atoms with Crippen LogP contribution in [0.4, 0.5) is 0 Å². The zero-order valence-electron chi connectivity index (χ0n) is 11.0. The van der Waals surface area contributed by atoms with Crippen molar-refractivity contribution in [3.63, 3.8) is 0 Å². The van der Waals surface area contributed by atoms with Crippen LogP contribution in [0.3, 0.4) is 0 Å². The van der Waals surface area contributed by atoms with E-state index in [9.17, 15) is 4.79 Å². The fourth-order valence-corrected chi connectivity index (χ4v) is 2.42. The van der Waals surface area contributed by atoms with Crippen molar-refractivity contribution >= 4 is 11.7 Å². The summed E-state index contributed by atoms with van der Waals surface area (Å²) in [7, 11) is 0. The number of hydrogen-bond acceptors (Lipinski definition) is 3. The molecule has 0 saturated heterocycles. The van der Waals surface area contributed by atoms with Gasteiger partial charge in [-0.2, -0.15) is 0 Å². The van der Waals surface area contributed by atoms with Crippen LogP contribution in [0.2, 0.25) is 0 Å². The van der Waals surface area contributed by atoms with E-state index >= 15 is 0 Å². The Labute approximate surface area is 112 Å². The number of aryl methyl sites for hydroxylation is 1. The Bertz CT molecular complexity index is 499. The van der Waals surface area contributed by atoms with Crippen LogP contribution in [0, 0.1) is 5.92 Å². The minimum Gasteiger partial charge on any atom is -0.409 e. The highest BCUT2D eigenvalue weighted by molar-refractivity contribution is 6.01. The minimum absolute atomic E-state index is 0.0198. The van der Waals surface area contributed by atoms with Crippen molar-refractivity contribution in [1.82, 2.24) is 5.32 Å². The molecular formula is C14H19N3O2. The van der Waals surface area contributed by atoms with Gasteiger partial charge in [-0.05, 0) is 37.3 Å². The maximum Gasteiger partial charge on any atom is 0.231 e. The number of benzene rings is 1. The number of carbonyl (C=O) groups excluding carboxylic acids is 1. The normalized spacial score (nSPS) is 20.5. The molecule has 102 valence electrons. The van der Waals surface area contributed by atoms with E-state index in [2.05, 4.69) is 16.5 Å². The first-order valence-electron chi connectivity index (χ1n) is 6.49. The van der Waals surface area contributed by atoms with Crippen LogP contribution < -0.4 is 11.1 Å². The number of amidine groups is 1. The molecule has 1 aliphatic rings. The Kier molecular flexibility index (Phi) is 4.04. The molecule has 0 radical (unpaired) electrons. The summed E-state index contributed by atoms with van der Waals surface area (Å²) in [5, 5.41) is 14.5. The summed E-state index contributed by atoms with van der Waals surface area (Å²) in [5.74, 6) is -0.905. The van der Waals surface area contributed by atoms with E-state index in [0.29, 0.717) is 0 Å². The standard InChI is InChI=1S/C14H19N3O2/c1-9(13(15)17-19)14(18)16-12-8-4-6-10-5-2-3-7-11(10)12/h2-3,5,7,9,12,19H,4,6,8H2,1H3,(H2,15,17)(H,16,18). The van der Waals surface area contributed by atoms with E-state index in [1.165, 1.54) is 11.1 Å². The third-order valence-electron chi connectivity index (χ3n) is 3.64. The SMILES string of the molecule is CC(C(=O)NC1CCCc2ccccc21)C(N)=NO. The fraction of sp³-hybridized carbons (Fsp3) is 0.429. The summed E-state index contributed by atoms with van der Waals surface area (Å²) in [5.41, 5.74) is 7.92. The summed E-state index contributed by atoms with van der Waals surface area (Å²) >= 11 is 0. The first kappa shape index (κ1) is 13.4. The Morgan fingerprint density at radius 3 is 3.00 bits per heavy atom. The van der Waals surface area contributed by atoms with E-state index in [0.717, 1.165) is 19.3 Å². The molecule has 1 aliphatic carbocycles. The highest BCUT2D eigenvalue weighted by atomic mass is 16.4. The second kappa shape index (κ2) is 5.73. The Morgan fingerprint density at radius 2 is 2.26 bits per heavy atom. The molecule has 0 spiro atoms. The van der Waals surface area contributed by atoms with Crippen LogP contribution >= 0.6 is 0 Å². The quantitative estimate of drug-likeness (QED) is 0.334. The van der Waals surface area contributed by atoms with Gasteiger partial charge in [0.2, 0.25) is 5.91 Å². The molecule has 1 aromatic carbocycles. The summed E-state index contributed by atoms with van der Waals surface area (Å²) < 4.78 is 0. The summed E-state index contributed by atoms with van der Waals surface area (Å²) in [6.07, 6.45) is 3.03. The predicted octanol–water partition coefficient (Wildman–Crippen LogP) is 1.56. The van der Waals surface area contributed by atoms with E-state index in [1.54, 1.807) is 6.92 Å². The van der Waals surface area contributed by atoms with E-state index < -0.39 is 5.92 Å². The number of carbonyl (C=O) groups is 1. The molecule has 2 atom stereocenters. The van der Waals surface area contributed by atoms with Gasteiger partial charge in [-0.1, -0.05) is 29.4 Å². The first-order chi connectivity index (χ1) is 9.13. The van der Waals surface area contributed by atoms with Crippen LogP contribution in [0.15, 0.2) is 29.4 Å². The topological polar surface area (TPSA) is 87.7 Å². The molecule has 0 aromatic heterocycles. The molecule has 1 aromatic rings. The lowest BCUT2D eigenvalue weighted by atomic mass is 9.87. The molecule has 5 nitrogen and oxygen atoms in total. The Morgan fingerprint density at radius 1 is 1.53 bits per heavy atom. The molecule has 2 unspecified atom stereocenters. The third-order valence-corrected chi connectivity index (χ3v) is 3.64. The maximum absolute atomic E-state index is 12.0. The second-order valence-corrected chi connectivity index (χ2v) is 4.90. The first-order valence-corrected chi connectivity index (χ1v) is 6.49. The lowest BCUT2D eigenvalue weighted by Crippen LogP contribution is -2.39. The molecule has 0 fully saturated rings. The van der Waals surface area contributed by atoms with E-state index in [4.69, 9.17) is 10.9 Å². The molecule has 0 saturated carbocycles. The molecule has 0 aliphatic heterocycles. The average Bonchev–Trinajstić information content (AvgIpc) is 2.46. The van der Waals surface area contributed by atoms with Crippen molar-refractivity contribution in [2.24, 2.45) is 16.8 Å². The molecule has 0 bridgehead atoms. The van der Waals surface area contributed by atoms with Crippen LogP contribution in [-0.4, -0.2) is 17.0 Å². The van der Waals surface area contributed by atoms with Crippen molar-refractivity contribution in [3.8, 4) is 0 Å². The minimum atomic E-state index is -0.626. The number of nitrogens with zero attached hydrogens (tertiary/aromatic N) is 1. The van der Waals surface area contributed by atoms with Crippen molar-refractivity contribution < 1.29 is 10.0 Å². The molecule has 1 amide bonds. The summed E-state index contributed by atoms with van der Waals surface area (Å²) in [6.45, 7) is 1.62. The van der Waals surface area contributed by atoms with Crippen molar-refractivity contribution in [2.45, 2.75) is 32.2 Å². The lowest BCUT2D eigenvalue weighted by Gasteiger charge is -2.27. The smallest absolute Gasteiger partial charge is 0.231 e. The summed E-state index contributed by atoms with van der Waals surface area (Å²) in [6, 6.07) is 8.17. The van der Waals surface area contributed by atoms with E-state index in [1.807, 2.05) is 18.2 Å². The predicted molar refractivity (Wildman–Crippen MR) is 72.8 cm³/mol. The van der Waals surface area contributed by atoms with Crippen LogP contribution in [0.5, 0.6) is 0 Å². The van der Waals surface area contributed by atoms with Gasteiger partial charge in [0.15, 0.2) is 5.84 Å². The highest BCUT2D eigenvalue weighted by Crippen LogP contribution is 2.29. The highest BCUT2D eigenvalue weighted by Gasteiger charge is 2.25. The van der Waals surface area contributed by atoms with Gasteiger partial charge in [0, 0.05) is 0 Å². The number of oxime groups is 1. The average molecular weight is 261 g/mol. The number of rotatable bonds is 3. The monoisotopic (exact) mass is 261 g/mol. The van der Waals surface area contributed by atoms with Gasteiger partial charge in [0.1, 0.15) is 0 Å². The molecule has 2 rings (SSSR count). The van der Waals surface area contributed by atoms with Crippen LogP contribution in [0.25, 0.3) is 0 Å². The Hall–Kier alpha value is -2.04. The summed E-state index contributed by atoms with van der Waals surface area (Å²) in [4.78, 5) is 12.0. The molecule has 0 heterocycles. The molecule has 5 heteroatoms. The van der Waals surface area contributed by atoms with Crippen LogP contribution in [-0.2, 0) is 11.2 Å². The third kappa shape index (κ3) is 2.86. The number of amides is 1. The van der Waals surface area contributed by atoms with Crippen molar-refractivity contribution in [3.05, 3.63) is 35.4 Å². The molecular weight excluding hydrogens is 242 g/mol. The lowest BCUT2D eigenvalue weighted by molar-refractivity contribution is -0.123. The van der Waals surface area contributed by atoms with Crippen LogP contribution in [0.1, 0.15) is 36.9 Å². The number of nitrogens with one attached hydrogen (secondary N) is 1. The molecule has 19 heavy (non-hydrogen) atoms. The largest absolute Gasteiger partial charge is 0.409 e. The number of nitrogens with two attached hydrogens (primary N) is 1. The number of fused-ring (bicyclic) bond motifs is 1. The molecule has 4 N–H and O–H groups in total. The van der Waals surface area contributed by atoms with Gasteiger partial charge in [0.05, 0.1) is 12.0 Å². The fourth-order valence-electron chi connectivity index (χ4n) is 2.42. The van der Waals surface area contributed by atoms with Gasteiger partial charge in [0.25, 0.3) is 0 Å². The maximum atomic E-state index is 12.0. The number of hydrogen-bond donors (Lipinski definition) is 3.